The van der Waals surface area contributed by atoms with Gasteiger partial charge in [0.05, 0.1) is 15.8 Å². The number of hydrogen-bond donors (Lipinski definition) is 1. The fourth-order valence-electron chi connectivity index (χ4n) is 3.51. The minimum atomic E-state index is -0.720. The molecule has 2 aromatic heterocycles. The van der Waals surface area contributed by atoms with E-state index in [1.807, 2.05) is 51.1 Å². The first-order valence-electron chi connectivity index (χ1n) is 9.38. The molecule has 1 unspecified atom stereocenters. The van der Waals surface area contributed by atoms with Gasteiger partial charge in [0.25, 0.3) is 5.56 Å². The molecule has 5 nitrogen and oxygen atoms in total. The van der Waals surface area contributed by atoms with E-state index in [1.54, 1.807) is 23.5 Å². The lowest BCUT2D eigenvalue weighted by molar-refractivity contribution is -0.119. The van der Waals surface area contributed by atoms with Crippen LogP contribution in [-0.4, -0.2) is 15.7 Å². The molecule has 148 valence electrons. The highest BCUT2D eigenvalue weighted by Crippen LogP contribution is 2.33. The van der Waals surface area contributed by atoms with E-state index < -0.39 is 6.04 Å². The number of amides is 1. The van der Waals surface area contributed by atoms with Gasteiger partial charge in [0.2, 0.25) is 5.91 Å². The van der Waals surface area contributed by atoms with Crippen molar-refractivity contribution in [2.75, 3.05) is 5.32 Å². The summed E-state index contributed by atoms with van der Waals surface area (Å²) in [5.74, 6) is -0.286. The molecule has 1 amide bonds. The fraction of sp³-hybridized carbons (Fsp3) is 0.227. The third-order valence-corrected chi connectivity index (χ3v) is 6.56. The van der Waals surface area contributed by atoms with E-state index in [4.69, 9.17) is 11.6 Å². The highest BCUT2D eigenvalue weighted by Gasteiger charge is 2.24. The van der Waals surface area contributed by atoms with Gasteiger partial charge in [-0.15, -0.1) is 11.3 Å². The molecule has 0 aliphatic carbocycles. The summed E-state index contributed by atoms with van der Waals surface area (Å²) >= 11 is 7.62. The van der Waals surface area contributed by atoms with Crippen LogP contribution in [0.3, 0.4) is 0 Å². The van der Waals surface area contributed by atoms with E-state index in [0.717, 1.165) is 26.0 Å². The molecule has 0 radical (unpaired) electrons. The van der Waals surface area contributed by atoms with Crippen molar-refractivity contribution >= 4 is 54.7 Å². The van der Waals surface area contributed by atoms with E-state index in [0.29, 0.717) is 22.5 Å². The highest BCUT2D eigenvalue weighted by atomic mass is 35.5. The fourth-order valence-corrected chi connectivity index (χ4v) is 4.81. The largest absolute Gasteiger partial charge is 0.324 e. The average molecular weight is 426 g/mol. The molecule has 0 spiro atoms. The Morgan fingerprint density at radius 3 is 2.76 bits per heavy atom. The number of fused-ring (bicyclic) bond motifs is 3. The van der Waals surface area contributed by atoms with Crippen LogP contribution in [-0.2, 0) is 4.79 Å². The average Bonchev–Trinajstić information content (AvgIpc) is 3.09. The first kappa shape index (κ1) is 19.6. The molecule has 2 heterocycles. The Kier molecular flexibility index (Phi) is 5.15. The number of thiophene rings is 1. The van der Waals surface area contributed by atoms with Crippen molar-refractivity contribution in [2.24, 2.45) is 0 Å². The highest BCUT2D eigenvalue weighted by molar-refractivity contribution is 7.26. The summed E-state index contributed by atoms with van der Waals surface area (Å²) in [6, 6.07) is 12.4. The van der Waals surface area contributed by atoms with Crippen molar-refractivity contribution in [1.82, 2.24) is 9.78 Å². The van der Waals surface area contributed by atoms with Crippen molar-refractivity contribution in [1.29, 1.82) is 0 Å². The maximum Gasteiger partial charge on any atom is 0.276 e. The normalized spacial score (nSPS) is 12.4. The molecular formula is C22H20ClN3O2S. The maximum absolute atomic E-state index is 13.3. The van der Waals surface area contributed by atoms with E-state index in [1.165, 1.54) is 4.68 Å². The second-order valence-electron chi connectivity index (χ2n) is 7.01. The predicted molar refractivity (Wildman–Crippen MR) is 120 cm³/mol. The zero-order chi connectivity index (χ0) is 20.7. The van der Waals surface area contributed by atoms with Crippen LogP contribution < -0.4 is 10.9 Å². The molecule has 29 heavy (non-hydrogen) atoms. The van der Waals surface area contributed by atoms with Crippen LogP contribution in [0, 0.1) is 13.8 Å². The van der Waals surface area contributed by atoms with Gasteiger partial charge < -0.3 is 5.32 Å². The Labute approximate surface area is 176 Å². The van der Waals surface area contributed by atoms with E-state index in [2.05, 4.69) is 10.4 Å². The van der Waals surface area contributed by atoms with Gasteiger partial charge in [0, 0.05) is 20.8 Å². The SMILES string of the molecule is CCC(C(=O)Nc1cc(Cl)ccc1C)n1nc(C)c2sc3ccccc3c2c1=O. The summed E-state index contributed by atoms with van der Waals surface area (Å²) in [7, 11) is 0. The van der Waals surface area contributed by atoms with Crippen LogP contribution in [0.5, 0.6) is 0 Å². The van der Waals surface area contributed by atoms with Crippen LogP contribution in [0.2, 0.25) is 5.02 Å². The maximum atomic E-state index is 13.3. The van der Waals surface area contributed by atoms with Gasteiger partial charge in [-0.1, -0.05) is 42.8 Å². The Hall–Kier alpha value is -2.70. The quantitative estimate of drug-likeness (QED) is 0.471. The third kappa shape index (κ3) is 3.43. The first-order valence-corrected chi connectivity index (χ1v) is 10.6. The van der Waals surface area contributed by atoms with Crippen molar-refractivity contribution in [3.05, 3.63) is 69.1 Å². The molecule has 1 N–H and O–H groups in total. The van der Waals surface area contributed by atoms with Gasteiger partial charge >= 0.3 is 0 Å². The van der Waals surface area contributed by atoms with Crippen LogP contribution >= 0.6 is 22.9 Å². The topological polar surface area (TPSA) is 64.0 Å². The Bertz CT molecular complexity index is 1310. The smallest absolute Gasteiger partial charge is 0.276 e. The summed E-state index contributed by atoms with van der Waals surface area (Å²) in [4.78, 5) is 26.4. The van der Waals surface area contributed by atoms with Crippen LogP contribution in [0.15, 0.2) is 47.3 Å². The number of carbonyl (C=O) groups excluding carboxylic acids is 1. The number of aryl methyl sites for hydroxylation is 2. The van der Waals surface area contributed by atoms with Crippen LogP contribution in [0.4, 0.5) is 5.69 Å². The summed E-state index contributed by atoms with van der Waals surface area (Å²) < 4.78 is 3.23. The number of carbonyl (C=O) groups is 1. The number of halogens is 1. The molecule has 4 aromatic rings. The summed E-state index contributed by atoms with van der Waals surface area (Å²) in [6.07, 6.45) is 0.436. The minimum absolute atomic E-state index is 0.243. The predicted octanol–water partition coefficient (Wildman–Crippen LogP) is 5.47. The molecule has 0 saturated carbocycles. The lowest BCUT2D eigenvalue weighted by Gasteiger charge is -2.18. The van der Waals surface area contributed by atoms with Gasteiger partial charge in [0.1, 0.15) is 6.04 Å². The monoisotopic (exact) mass is 425 g/mol. The second kappa shape index (κ2) is 7.61. The van der Waals surface area contributed by atoms with Gasteiger partial charge in [-0.3, -0.25) is 9.59 Å². The van der Waals surface area contributed by atoms with Crippen molar-refractivity contribution in [2.45, 2.75) is 33.2 Å². The van der Waals surface area contributed by atoms with Gasteiger partial charge in [-0.2, -0.15) is 5.10 Å². The lowest BCUT2D eigenvalue weighted by atomic mass is 10.1. The lowest BCUT2D eigenvalue weighted by Crippen LogP contribution is -2.35. The molecule has 0 aliphatic rings. The molecule has 2 aromatic carbocycles. The standard InChI is InChI=1S/C22H20ClN3O2S/c1-4-17(21(27)24-16-11-14(23)10-9-12(16)2)26-22(28)19-15-7-5-6-8-18(15)29-20(19)13(3)25-26/h5-11,17H,4H2,1-3H3,(H,24,27). The number of nitrogens with zero attached hydrogens (tertiary/aromatic N) is 2. The third-order valence-electron chi connectivity index (χ3n) is 5.05. The number of nitrogens with one attached hydrogen (secondary N) is 1. The molecule has 0 fully saturated rings. The first-order chi connectivity index (χ1) is 13.9. The van der Waals surface area contributed by atoms with Gasteiger partial charge in [0.15, 0.2) is 0 Å². The van der Waals surface area contributed by atoms with Crippen LogP contribution in [0.25, 0.3) is 20.2 Å². The number of hydrogen-bond acceptors (Lipinski definition) is 4. The summed E-state index contributed by atoms with van der Waals surface area (Å²) in [5.41, 5.74) is 2.03. The minimum Gasteiger partial charge on any atom is -0.324 e. The number of aromatic nitrogens is 2. The molecule has 7 heteroatoms. The Balaban J connectivity index is 1.82. The molecular weight excluding hydrogens is 406 g/mol. The number of benzene rings is 2. The summed E-state index contributed by atoms with van der Waals surface area (Å²) in [5, 5.41) is 9.47. The number of rotatable bonds is 4. The zero-order valence-corrected chi connectivity index (χ0v) is 17.9. The van der Waals surface area contributed by atoms with Crippen molar-refractivity contribution in [3.63, 3.8) is 0 Å². The molecule has 0 bridgehead atoms. The van der Waals surface area contributed by atoms with E-state index in [9.17, 15) is 9.59 Å². The van der Waals surface area contributed by atoms with E-state index >= 15 is 0 Å². The molecule has 1 atom stereocenters. The van der Waals surface area contributed by atoms with Crippen molar-refractivity contribution in [3.8, 4) is 0 Å². The van der Waals surface area contributed by atoms with Gasteiger partial charge in [-0.25, -0.2) is 4.68 Å². The summed E-state index contributed by atoms with van der Waals surface area (Å²) in [6.45, 7) is 5.64. The second-order valence-corrected chi connectivity index (χ2v) is 8.50. The number of anilines is 1. The molecule has 4 rings (SSSR count). The van der Waals surface area contributed by atoms with Crippen LogP contribution in [0.1, 0.15) is 30.6 Å². The molecule has 0 saturated heterocycles. The zero-order valence-electron chi connectivity index (χ0n) is 16.3. The van der Waals surface area contributed by atoms with E-state index in [-0.39, 0.29) is 11.5 Å². The van der Waals surface area contributed by atoms with Gasteiger partial charge in [-0.05, 0) is 44.0 Å². The Morgan fingerprint density at radius 1 is 1.24 bits per heavy atom. The molecule has 0 aliphatic heterocycles. The Morgan fingerprint density at radius 2 is 2.00 bits per heavy atom. The van der Waals surface area contributed by atoms with Crippen molar-refractivity contribution < 1.29 is 4.79 Å².